The van der Waals surface area contributed by atoms with E-state index in [9.17, 15) is 0 Å². The third-order valence-electron chi connectivity index (χ3n) is 1.43. The van der Waals surface area contributed by atoms with Crippen LogP contribution in [-0.2, 0) is 0 Å². The minimum atomic E-state index is 1.17. The second-order valence-corrected chi connectivity index (χ2v) is 2.01. The van der Waals surface area contributed by atoms with Crippen LogP contribution in [0.1, 0.15) is 6.92 Å². The van der Waals surface area contributed by atoms with Crippen LogP contribution in [0.5, 0.6) is 0 Å². The summed E-state index contributed by atoms with van der Waals surface area (Å²) in [5.74, 6) is 0. The van der Waals surface area contributed by atoms with Crippen molar-refractivity contribution in [3.8, 4) is 0 Å². The monoisotopic (exact) mass is 136 g/mol. The van der Waals surface area contributed by atoms with E-state index >= 15 is 0 Å². The molecule has 54 valence electrons. The Balaban J connectivity index is 2.74. The predicted octanol–water partition coefficient (Wildman–Crippen LogP) is 1.41. The van der Waals surface area contributed by atoms with Crippen molar-refractivity contribution in [2.75, 3.05) is 7.05 Å². The average Bonchev–Trinajstić information content (AvgIpc) is 2.04. The van der Waals surface area contributed by atoms with E-state index in [1.165, 1.54) is 5.70 Å². The second-order valence-electron chi connectivity index (χ2n) is 2.01. The van der Waals surface area contributed by atoms with Gasteiger partial charge in [0.25, 0.3) is 0 Å². The van der Waals surface area contributed by atoms with Crippen LogP contribution >= 0.6 is 0 Å². The van der Waals surface area contributed by atoms with Crippen LogP contribution in [0.15, 0.2) is 36.2 Å². The first-order valence-corrected chi connectivity index (χ1v) is 3.36. The van der Waals surface area contributed by atoms with Gasteiger partial charge in [-0.1, -0.05) is 12.2 Å². The molecule has 0 aromatic heterocycles. The fraction of sp³-hybridized carbons (Fsp3) is 0.250. The molecule has 0 amide bonds. The Kier molecular flexibility index (Phi) is 2.29. The fourth-order valence-corrected chi connectivity index (χ4v) is 0.895. The summed E-state index contributed by atoms with van der Waals surface area (Å²) in [4.78, 5) is 0. The molecule has 1 aliphatic heterocycles. The Bertz CT molecular complexity index is 189. The molecular weight excluding hydrogens is 124 g/mol. The van der Waals surface area contributed by atoms with Crippen LogP contribution in [0, 0.1) is 0 Å². The minimum absolute atomic E-state index is 1.17. The fourth-order valence-electron chi connectivity index (χ4n) is 0.895. The molecule has 1 rings (SSSR count). The predicted molar refractivity (Wildman–Crippen MR) is 42.9 cm³/mol. The molecule has 10 heavy (non-hydrogen) atoms. The zero-order valence-electron chi connectivity index (χ0n) is 6.33. The first-order chi connectivity index (χ1) is 4.88. The molecule has 0 fully saturated rings. The van der Waals surface area contributed by atoms with Crippen LogP contribution in [-0.4, -0.2) is 12.1 Å². The number of nitrogens with one attached hydrogen (secondary N) is 1. The normalized spacial score (nSPS) is 20.6. The highest BCUT2D eigenvalue weighted by molar-refractivity contribution is 5.26. The third kappa shape index (κ3) is 1.28. The van der Waals surface area contributed by atoms with E-state index in [0.29, 0.717) is 0 Å². The molecule has 0 aliphatic carbocycles. The quantitative estimate of drug-likeness (QED) is 0.586. The molecule has 2 nitrogen and oxygen atoms in total. The Morgan fingerprint density at radius 2 is 2.30 bits per heavy atom. The van der Waals surface area contributed by atoms with Gasteiger partial charge in [0.1, 0.15) is 0 Å². The van der Waals surface area contributed by atoms with E-state index in [-0.39, 0.29) is 0 Å². The van der Waals surface area contributed by atoms with Crippen LogP contribution < -0.4 is 5.43 Å². The second kappa shape index (κ2) is 3.22. The summed E-state index contributed by atoms with van der Waals surface area (Å²) >= 11 is 0. The van der Waals surface area contributed by atoms with Crippen molar-refractivity contribution in [3.05, 3.63) is 36.2 Å². The average molecular weight is 136 g/mol. The van der Waals surface area contributed by atoms with Crippen molar-refractivity contribution >= 4 is 0 Å². The highest BCUT2D eigenvalue weighted by Crippen LogP contribution is 2.07. The van der Waals surface area contributed by atoms with Crippen molar-refractivity contribution in [2.45, 2.75) is 6.92 Å². The molecule has 0 atom stereocenters. The molecule has 0 saturated heterocycles. The number of allylic oxidation sites excluding steroid dienone is 4. The van der Waals surface area contributed by atoms with Crippen LogP contribution in [0.3, 0.4) is 0 Å². The van der Waals surface area contributed by atoms with Gasteiger partial charge in [-0.25, -0.2) is 5.43 Å². The van der Waals surface area contributed by atoms with Gasteiger partial charge in [-0.05, 0) is 19.1 Å². The van der Waals surface area contributed by atoms with Gasteiger partial charge >= 0.3 is 0 Å². The Hall–Kier alpha value is -1.02. The van der Waals surface area contributed by atoms with Crippen molar-refractivity contribution in [3.63, 3.8) is 0 Å². The summed E-state index contributed by atoms with van der Waals surface area (Å²) in [5.41, 5.74) is 4.20. The van der Waals surface area contributed by atoms with E-state index in [1.54, 1.807) is 0 Å². The van der Waals surface area contributed by atoms with Gasteiger partial charge < -0.3 is 0 Å². The van der Waals surface area contributed by atoms with Crippen LogP contribution in [0.2, 0.25) is 0 Å². The Labute approximate surface area is 61.5 Å². The van der Waals surface area contributed by atoms with Gasteiger partial charge in [-0.2, -0.15) is 0 Å². The van der Waals surface area contributed by atoms with Gasteiger partial charge in [0.05, 0.1) is 5.70 Å². The van der Waals surface area contributed by atoms with Crippen molar-refractivity contribution < 1.29 is 0 Å². The van der Waals surface area contributed by atoms with Crippen molar-refractivity contribution in [1.29, 1.82) is 0 Å². The molecule has 0 spiro atoms. The Morgan fingerprint density at radius 3 is 2.80 bits per heavy atom. The van der Waals surface area contributed by atoms with Gasteiger partial charge in [0.15, 0.2) is 0 Å². The summed E-state index contributed by atoms with van der Waals surface area (Å²) in [6, 6.07) is 0. The zero-order valence-corrected chi connectivity index (χ0v) is 6.33. The summed E-state index contributed by atoms with van der Waals surface area (Å²) in [7, 11) is 1.90. The van der Waals surface area contributed by atoms with Crippen LogP contribution in [0.4, 0.5) is 0 Å². The maximum atomic E-state index is 3.03. The summed E-state index contributed by atoms with van der Waals surface area (Å²) in [6.07, 6.45) is 10.1. The van der Waals surface area contributed by atoms with Gasteiger partial charge in [0, 0.05) is 13.2 Å². The lowest BCUT2D eigenvalue weighted by Crippen LogP contribution is -2.29. The number of rotatable bonds is 1. The van der Waals surface area contributed by atoms with Crippen molar-refractivity contribution in [2.24, 2.45) is 0 Å². The molecule has 1 N–H and O–H groups in total. The van der Waals surface area contributed by atoms with E-state index in [1.807, 2.05) is 37.3 Å². The molecule has 0 saturated carbocycles. The summed E-state index contributed by atoms with van der Waals surface area (Å²) < 4.78 is 0. The molecule has 0 radical (unpaired) electrons. The number of hydrogen-bond acceptors (Lipinski definition) is 2. The molecule has 0 aromatic carbocycles. The van der Waals surface area contributed by atoms with Crippen molar-refractivity contribution in [1.82, 2.24) is 10.4 Å². The molecule has 1 aliphatic rings. The smallest absolute Gasteiger partial charge is 0.0527 e. The highest BCUT2D eigenvalue weighted by Gasteiger charge is 2.00. The third-order valence-corrected chi connectivity index (χ3v) is 1.43. The van der Waals surface area contributed by atoms with Gasteiger partial charge in [-0.3, -0.25) is 5.01 Å². The molecule has 0 aromatic rings. The zero-order chi connectivity index (χ0) is 7.40. The first-order valence-electron chi connectivity index (χ1n) is 3.36. The van der Waals surface area contributed by atoms with Crippen LogP contribution in [0.25, 0.3) is 0 Å². The van der Waals surface area contributed by atoms with E-state index < -0.39 is 0 Å². The maximum Gasteiger partial charge on any atom is 0.0527 e. The topological polar surface area (TPSA) is 15.3 Å². The number of nitrogens with zero attached hydrogens (tertiary/aromatic N) is 1. The number of hydrazine groups is 1. The lowest BCUT2D eigenvalue weighted by molar-refractivity contribution is 0.382. The van der Waals surface area contributed by atoms with E-state index in [0.717, 1.165) is 0 Å². The molecule has 2 heteroatoms. The Morgan fingerprint density at radius 1 is 1.50 bits per heavy atom. The lowest BCUT2D eigenvalue weighted by atomic mass is 10.3. The summed E-state index contributed by atoms with van der Waals surface area (Å²) in [5, 5.41) is 1.96. The number of hydrogen-bond donors (Lipinski definition) is 1. The van der Waals surface area contributed by atoms with Gasteiger partial charge in [0.2, 0.25) is 0 Å². The highest BCUT2D eigenvalue weighted by atomic mass is 15.5. The molecule has 0 bridgehead atoms. The van der Waals surface area contributed by atoms with E-state index in [2.05, 4.69) is 17.6 Å². The minimum Gasteiger partial charge on any atom is -0.285 e. The molecular formula is C8H12N2. The molecule has 0 unspecified atom stereocenters. The lowest BCUT2D eigenvalue weighted by Gasteiger charge is -2.21. The first kappa shape index (κ1) is 7.09. The maximum absolute atomic E-state index is 3.03. The van der Waals surface area contributed by atoms with Gasteiger partial charge in [-0.15, -0.1) is 0 Å². The molecule has 1 heterocycles. The largest absolute Gasteiger partial charge is 0.285 e. The SMILES string of the molecule is CC=C1C=CC=CN1NC. The summed E-state index contributed by atoms with van der Waals surface area (Å²) in [6.45, 7) is 2.02. The standard InChI is InChI=1S/C8H12N2/c1-3-8-6-4-5-7-10(8)9-2/h3-7,9H,1-2H3. The van der Waals surface area contributed by atoms with E-state index in [4.69, 9.17) is 0 Å².